The number of nitrogens with one attached hydrogen (secondary N) is 2. The SMILES string of the molecule is O=C(Nc1ccccc1)c1ccc(C(=O)NC2(C(=O)O)CCCC2)cc1. The van der Waals surface area contributed by atoms with E-state index in [-0.39, 0.29) is 5.91 Å². The van der Waals surface area contributed by atoms with Gasteiger partial charge in [-0.2, -0.15) is 0 Å². The van der Waals surface area contributed by atoms with Crippen LogP contribution < -0.4 is 10.6 Å². The van der Waals surface area contributed by atoms with Gasteiger partial charge in [0.2, 0.25) is 0 Å². The molecule has 0 spiro atoms. The Labute approximate surface area is 151 Å². The third kappa shape index (κ3) is 3.74. The molecule has 0 aliphatic heterocycles. The smallest absolute Gasteiger partial charge is 0.329 e. The number of benzene rings is 2. The number of carbonyl (C=O) groups excluding carboxylic acids is 2. The van der Waals surface area contributed by atoms with Crippen LogP contribution in [0.2, 0.25) is 0 Å². The molecule has 6 nitrogen and oxygen atoms in total. The zero-order valence-electron chi connectivity index (χ0n) is 14.2. The van der Waals surface area contributed by atoms with Crippen molar-refractivity contribution in [2.24, 2.45) is 0 Å². The van der Waals surface area contributed by atoms with Gasteiger partial charge in [-0.3, -0.25) is 9.59 Å². The highest BCUT2D eigenvalue weighted by atomic mass is 16.4. The standard InChI is InChI=1S/C20H20N2O4/c23-17(21-16-6-2-1-3-7-16)14-8-10-15(11-9-14)18(24)22-20(19(25)26)12-4-5-13-20/h1-3,6-11H,4-5,12-13H2,(H,21,23)(H,22,24)(H,25,26). The quantitative estimate of drug-likeness (QED) is 0.771. The van der Waals surface area contributed by atoms with Gasteiger partial charge in [0.05, 0.1) is 0 Å². The second kappa shape index (κ2) is 7.39. The van der Waals surface area contributed by atoms with Crippen molar-refractivity contribution in [3.8, 4) is 0 Å². The van der Waals surface area contributed by atoms with Gasteiger partial charge in [-0.1, -0.05) is 31.0 Å². The number of para-hydroxylation sites is 1. The number of carboxylic acid groups (broad SMARTS) is 1. The van der Waals surface area contributed by atoms with E-state index in [9.17, 15) is 19.5 Å². The molecule has 0 saturated heterocycles. The van der Waals surface area contributed by atoms with Crippen LogP contribution in [0, 0.1) is 0 Å². The molecule has 1 fully saturated rings. The summed E-state index contributed by atoms with van der Waals surface area (Å²) in [5, 5.41) is 14.9. The topological polar surface area (TPSA) is 95.5 Å². The summed E-state index contributed by atoms with van der Waals surface area (Å²) >= 11 is 0. The number of carbonyl (C=O) groups is 3. The van der Waals surface area contributed by atoms with Gasteiger partial charge < -0.3 is 15.7 Å². The highest BCUT2D eigenvalue weighted by molar-refractivity contribution is 6.05. The van der Waals surface area contributed by atoms with E-state index in [1.54, 1.807) is 24.3 Å². The van der Waals surface area contributed by atoms with Crippen molar-refractivity contribution in [1.82, 2.24) is 5.32 Å². The molecule has 3 N–H and O–H groups in total. The molecule has 1 aliphatic rings. The highest BCUT2D eigenvalue weighted by Gasteiger charge is 2.42. The molecule has 0 radical (unpaired) electrons. The predicted molar refractivity (Wildman–Crippen MR) is 97.1 cm³/mol. The molecule has 0 bridgehead atoms. The van der Waals surface area contributed by atoms with Crippen LogP contribution in [0.5, 0.6) is 0 Å². The maximum absolute atomic E-state index is 12.4. The van der Waals surface area contributed by atoms with Crippen LogP contribution in [0.15, 0.2) is 54.6 Å². The Morgan fingerprint density at radius 2 is 1.35 bits per heavy atom. The minimum atomic E-state index is -1.18. The summed E-state index contributed by atoms with van der Waals surface area (Å²) in [6.45, 7) is 0. The molecule has 26 heavy (non-hydrogen) atoms. The summed E-state index contributed by atoms with van der Waals surface area (Å²) in [6, 6.07) is 15.2. The van der Waals surface area contributed by atoms with Crippen LogP contribution in [0.3, 0.4) is 0 Å². The van der Waals surface area contributed by atoms with E-state index in [4.69, 9.17) is 0 Å². The number of hydrogen-bond acceptors (Lipinski definition) is 3. The average molecular weight is 352 g/mol. The fourth-order valence-corrected chi connectivity index (χ4v) is 3.16. The van der Waals surface area contributed by atoms with Gasteiger partial charge in [0, 0.05) is 16.8 Å². The van der Waals surface area contributed by atoms with E-state index >= 15 is 0 Å². The highest BCUT2D eigenvalue weighted by Crippen LogP contribution is 2.30. The van der Waals surface area contributed by atoms with Crippen molar-refractivity contribution >= 4 is 23.5 Å². The molecular formula is C20H20N2O4. The molecule has 0 atom stereocenters. The van der Waals surface area contributed by atoms with Crippen molar-refractivity contribution in [1.29, 1.82) is 0 Å². The first-order chi connectivity index (χ1) is 12.5. The second-order valence-corrected chi connectivity index (χ2v) is 6.45. The van der Waals surface area contributed by atoms with E-state index in [2.05, 4.69) is 10.6 Å². The lowest BCUT2D eigenvalue weighted by Gasteiger charge is -2.25. The Kier molecular flexibility index (Phi) is 5.02. The van der Waals surface area contributed by atoms with Crippen LogP contribution in [-0.4, -0.2) is 28.4 Å². The Hall–Kier alpha value is -3.15. The lowest BCUT2D eigenvalue weighted by Crippen LogP contribution is -2.52. The Morgan fingerprint density at radius 1 is 0.808 bits per heavy atom. The fourth-order valence-electron chi connectivity index (χ4n) is 3.16. The monoisotopic (exact) mass is 352 g/mol. The number of aliphatic carboxylic acids is 1. The second-order valence-electron chi connectivity index (χ2n) is 6.45. The number of amides is 2. The third-order valence-corrected chi connectivity index (χ3v) is 4.66. The van der Waals surface area contributed by atoms with Crippen molar-refractivity contribution in [2.45, 2.75) is 31.2 Å². The summed E-state index contributed by atoms with van der Waals surface area (Å²) < 4.78 is 0. The zero-order chi connectivity index (χ0) is 18.6. The number of hydrogen-bond donors (Lipinski definition) is 3. The van der Waals surface area contributed by atoms with Gasteiger partial charge in [-0.15, -0.1) is 0 Å². The van der Waals surface area contributed by atoms with Crippen molar-refractivity contribution in [3.05, 3.63) is 65.7 Å². The molecular weight excluding hydrogens is 332 g/mol. The molecule has 1 aliphatic carbocycles. The molecule has 1 saturated carbocycles. The molecule has 2 aromatic carbocycles. The first-order valence-electron chi connectivity index (χ1n) is 8.53. The van der Waals surface area contributed by atoms with Crippen LogP contribution in [0.4, 0.5) is 5.69 Å². The van der Waals surface area contributed by atoms with Crippen LogP contribution in [0.1, 0.15) is 46.4 Å². The zero-order valence-corrected chi connectivity index (χ0v) is 14.2. The van der Waals surface area contributed by atoms with Gasteiger partial charge in [0.1, 0.15) is 5.54 Å². The molecule has 0 unspecified atom stereocenters. The molecule has 0 heterocycles. The number of anilines is 1. The lowest BCUT2D eigenvalue weighted by atomic mass is 9.97. The first-order valence-corrected chi connectivity index (χ1v) is 8.53. The summed E-state index contributed by atoms with van der Waals surface area (Å²) in [7, 11) is 0. The van der Waals surface area contributed by atoms with Gasteiger partial charge >= 0.3 is 5.97 Å². The normalized spacial score (nSPS) is 15.2. The predicted octanol–water partition coefficient (Wildman–Crippen LogP) is 3.07. The molecule has 2 aromatic rings. The molecule has 0 aromatic heterocycles. The Balaban J connectivity index is 1.68. The summed E-state index contributed by atoms with van der Waals surface area (Å²) in [5.74, 6) is -1.72. The molecule has 3 rings (SSSR count). The van der Waals surface area contributed by atoms with E-state index in [1.165, 1.54) is 12.1 Å². The summed E-state index contributed by atoms with van der Waals surface area (Å²) in [6.07, 6.45) is 2.44. The summed E-state index contributed by atoms with van der Waals surface area (Å²) in [4.78, 5) is 36.2. The average Bonchev–Trinajstić information content (AvgIpc) is 3.12. The van der Waals surface area contributed by atoms with Gasteiger partial charge in [-0.05, 0) is 49.2 Å². The largest absolute Gasteiger partial charge is 0.480 e. The lowest BCUT2D eigenvalue weighted by molar-refractivity contribution is -0.144. The minimum Gasteiger partial charge on any atom is -0.480 e. The van der Waals surface area contributed by atoms with Crippen molar-refractivity contribution in [2.75, 3.05) is 5.32 Å². The molecule has 6 heteroatoms. The van der Waals surface area contributed by atoms with E-state index in [0.717, 1.165) is 12.8 Å². The number of carboxylic acids is 1. The number of rotatable bonds is 5. The maximum Gasteiger partial charge on any atom is 0.329 e. The third-order valence-electron chi connectivity index (χ3n) is 4.66. The van der Waals surface area contributed by atoms with Crippen LogP contribution >= 0.6 is 0 Å². The Morgan fingerprint density at radius 3 is 1.88 bits per heavy atom. The van der Waals surface area contributed by atoms with E-state index < -0.39 is 17.4 Å². The molecule has 2 amide bonds. The van der Waals surface area contributed by atoms with Gasteiger partial charge in [-0.25, -0.2) is 4.79 Å². The fraction of sp³-hybridized carbons (Fsp3) is 0.250. The van der Waals surface area contributed by atoms with E-state index in [0.29, 0.717) is 29.7 Å². The van der Waals surface area contributed by atoms with Crippen LogP contribution in [-0.2, 0) is 4.79 Å². The Bertz CT molecular complexity index is 809. The van der Waals surface area contributed by atoms with Crippen molar-refractivity contribution < 1.29 is 19.5 Å². The summed E-state index contributed by atoms with van der Waals surface area (Å²) in [5.41, 5.74) is 0.248. The maximum atomic E-state index is 12.4. The van der Waals surface area contributed by atoms with E-state index in [1.807, 2.05) is 18.2 Å². The van der Waals surface area contributed by atoms with Gasteiger partial charge in [0.15, 0.2) is 0 Å². The molecule has 134 valence electrons. The van der Waals surface area contributed by atoms with Gasteiger partial charge in [0.25, 0.3) is 11.8 Å². The van der Waals surface area contributed by atoms with Crippen LogP contribution in [0.25, 0.3) is 0 Å². The van der Waals surface area contributed by atoms with Crippen molar-refractivity contribution in [3.63, 3.8) is 0 Å². The first kappa shape index (κ1) is 17.7. The minimum absolute atomic E-state index is 0.277.